The SMILES string of the molecule is CCOC(=O)CNC(=O)NCc1cccc(-c2ccc(C3OC(CSc4ccc(C(=O)O)cc4)CC(c4ccc(CO)cc4)O3)cc2)c1. The molecule has 4 aromatic rings. The highest BCUT2D eigenvalue weighted by atomic mass is 32.2. The van der Waals surface area contributed by atoms with Gasteiger partial charge in [0.25, 0.3) is 0 Å². The van der Waals surface area contributed by atoms with E-state index >= 15 is 0 Å². The Morgan fingerprint density at radius 1 is 0.854 bits per heavy atom. The van der Waals surface area contributed by atoms with Gasteiger partial charge >= 0.3 is 18.0 Å². The second kappa shape index (κ2) is 16.9. The quantitative estimate of drug-likeness (QED) is 0.0960. The van der Waals surface area contributed by atoms with Crippen molar-refractivity contribution in [1.29, 1.82) is 0 Å². The van der Waals surface area contributed by atoms with Crippen LogP contribution in [0.4, 0.5) is 4.79 Å². The highest BCUT2D eigenvalue weighted by Gasteiger charge is 2.32. The molecule has 0 aliphatic carbocycles. The number of aliphatic hydroxyl groups is 1. The van der Waals surface area contributed by atoms with E-state index in [1.807, 2.05) is 72.8 Å². The monoisotopic (exact) mass is 670 g/mol. The number of thioether (sulfide) groups is 1. The molecule has 1 heterocycles. The number of aliphatic hydroxyl groups excluding tert-OH is 1. The Labute approximate surface area is 283 Å². The third-order valence-electron chi connectivity index (χ3n) is 7.75. The van der Waals surface area contributed by atoms with Crippen molar-refractivity contribution < 1.29 is 38.8 Å². The number of carbonyl (C=O) groups excluding carboxylic acids is 2. The van der Waals surface area contributed by atoms with Gasteiger partial charge in [-0.3, -0.25) is 4.79 Å². The Hall–Kier alpha value is -4.68. The van der Waals surface area contributed by atoms with Crippen LogP contribution in [-0.2, 0) is 32.2 Å². The molecule has 2 amide bonds. The van der Waals surface area contributed by atoms with Crippen molar-refractivity contribution in [2.45, 2.75) is 49.9 Å². The minimum absolute atomic E-state index is 0.0320. The molecule has 0 saturated carbocycles. The maximum atomic E-state index is 12.1. The topological polar surface area (TPSA) is 143 Å². The zero-order chi connectivity index (χ0) is 33.9. The number of urea groups is 1. The van der Waals surface area contributed by atoms with E-state index in [9.17, 15) is 24.6 Å². The molecule has 10 nitrogen and oxygen atoms in total. The zero-order valence-electron chi connectivity index (χ0n) is 26.5. The minimum Gasteiger partial charge on any atom is -0.478 e. The van der Waals surface area contributed by atoms with Crippen molar-refractivity contribution in [3.8, 4) is 11.1 Å². The smallest absolute Gasteiger partial charge is 0.335 e. The highest BCUT2D eigenvalue weighted by molar-refractivity contribution is 7.99. The lowest BCUT2D eigenvalue weighted by Gasteiger charge is -2.36. The summed E-state index contributed by atoms with van der Waals surface area (Å²) in [7, 11) is 0. The van der Waals surface area contributed by atoms with Crippen molar-refractivity contribution in [2.24, 2.45) is 0 Å². The Balaban J connectivity index is 1.25. The summed E-state index contributed by atoms with van der Waals surface area (Å²) in [6.45, 7) is 2.02. The van der Waals surface area contributed by atoms with Crippen LogP contribution < -0.4 is 10.6 Å². The number of ether oxygens (including phenoxy) is 3. The van der Waals surface area contributed by atoms with E-state index in [1.165, 1.54) is 0 Å². The van der Waals surface area contributed by atoms with Crippen LogP contribution >= 0.6 is 11.8 Å². The lowest BCUT2D eigenvalue weighted by atomic mass is 9.99. The van der Waals surface area contributed by atoms with Gasteiger partial charge in [0.2, 0.25) is 0 Å². The maximum Gasteiger partial charge on any atom is 0.335 e. The van der Waals surface area contributed by atoms with E-state index in [0.29, 0.717) is 12.2 Å². The normalized spacial score (nSPS) is 17.3. The van der Waals surface area contributed by atoms with Gasteiger partial charge in [-0.05, 0) is 65.1 Å². The Kier molecular flexibility index (Phi) is 12.2. The molecule has 0 spiro atoms. The molecule has 3 unspecified atom stereocenters. The number of rotatable bonds is 13. The fourth-order valence-corrected chi connectivity index (χ4v) is 6.13. The summed E-state index contributed by atoms with van der Waals surface area (Å²) in [4.78, 5) is 35.8. The largest absolute Gasteiger partial charge is 0.478 e. The van der Waals surface area contributed by atoms with E-state index in [0.717, 1.165) is 38.3 Å². The Bertz CT molecular complexity index is 1680. The van der Waals surface area contributed by atoms with Gasteiger partial charge in [0, 0.05) is 29.2 Å². The number of aromatic carboxylic acids is 1. The van der Waals surface area contributed by atoms with Gasteiger partial charge in [-0.25, -0.2) is 9.59 Å². The second-order valence-electron chi connectivity index (χ2n) is 11.2. The van der Waals surface area contributed by atoms with Gasteiger partial charge in [-0.15, -0.1) is 11.8 Å². The first-order chi connectivity index (χ1) is 23.3. The van der Waals surface area contributed by atoms with Crippen molar-refractivity contribution >= 4 is 29.7 Å². The number of amides is 2. The number of esters is 1. The first-order valence-corrected chi connectivity index (χ1v) is 16.6. The molecule has 48 heavy (non-hydrogen) atoms. The molecule has 1 fully saturated rings. The van der Waals surface area contributed by atoms with Crippen LogP contribution in [-0.4, -0.2) is 53.2 Å². The molecule has 0 bridgehead atoms. The molecule has 1 aliphatic rings. The van der Waals surface area contributed by atoms with E-state index in [2.05, 4.69) is 10.6 Å². The summed E-state index contributed by atoms with van der Waals surface area (Å²) >= 11 is 1.60. The molecule has 11 heteroatoms. The Morgan fingerprint density at radius 3 is 2.27 bits per heavy atom. The number of hydrogen-bond acceptors (Lipinski definition) is 8. The average molecular weight is 671 g/mol. The van der Waals surface area contributed by atoms with Gasteiger partial charge < -0.3 is 35.1 Å². The summed E-state index contributed by atoms with van der Waals surface area (Å²) in [5, 5.41) is 23.9. The van der Waals surface area contributed by atoms with Crippen molar-refractivity contribution in [3.05, 3.63) is 125 Å². The van der Waals surface area contributed by atoms with Gasteiger partial charge in [0.05, 0.1) is 31.0 Å². The molecular formula is C37H38N2O8S. The number of hydrogen-bond donors (Lipinski definition) is 4. The van der Waals surface area contributed by atoms with Crippen LogP contribution in [0.2, 0.25) is 0 Å². The molecule has 4 N–H and O–H groups in total. The summed E-state index contributed by atoms with van der Waals surface area (Å²) in [6.07, 6.45) is -0.350. The highest BCUT2D eigenvalue weighted by Crippen LogP contribution is 2.40. The number of benzene rings is 4. The van der Waals surface area contributed by atoms with Crippen LogP contribution in [0, 0.1) is 0 Å². The summed E-state index contributed by atoms with van der Waals surface area (Å²) in [5.74, 6) is -0.799. The van der Waals surface area contributed by atoms with Gasteiger partial charge in [-0.2, -0.15) is 0 Å². The number of nitrogens with one attached hydrogen (secondary N) is 2. The fourth-order valence-electron chi connectivity index (χ4n) is 5.21. The molecular weight excluding hydrogens is 632 g/mol. The second-order valence-corrected chi connectivity index (χ2v) is 12.2. The predicted octanol–water partition coefficient (Wildman–Crippen LogP) is 6.24. The fraction of sp³-hybridized carbons (Fsp3) is 0.270. The Morgan fingerprint density at radius 2 is 1.58 bits per heavy atom. The minimum atomic E-state index is -0.957. The van der Waals surface area contributed by atoms with Gasteiger partial charge in [0.15, 0.2) is 6.29 Å². The van der Waals surface area contributed by atoms with Crippen molar-refractivity contribution in [3.63, 3.8) is 0 Å². The van der Waals surface area contributed by atoms with E-state index < -0.39 is 24.3 Å². The van der Waals surface area contributed by atoms with E-state index in [-0.39, 0.29) is 44.1 Å². The number of carboxylic acid groups (broad SMARTS) is 1. The zero-order valence-corrected chi connectivity index (χ0v) is 27.3. The van der Waals surface area contributed by atoms with Crippen LogP contribution in [0.5, 0.6) is 0 Å². The van der Waals surface area contributed by atoms with E-state index in [1.54, 1.807) is 43.0 Å². The van der Waals surface area contributed by atoms with Crippen LogP contribution in [0.25, 0.3) is 11.1 Å². The van der Waals surface area contributed by atoms with Crippen LogP contribution in [0.1, 0.15) is 58.4 Å². The summed E-state index contributed by atoms with van der Waals surface area (Å²) in [6, 6.07) is 29.9. The lowest BCUT2D eigenvalue weighted by molar-refractivity contribution is -0.245. The van der Waals surface area contributed by atoms with Gasteiger partial charge in [0.1, 0.15) is 6.54 Å². The standard InChI is InChI=1S/C37H38N2O8S/c1-2-45-34(41)21-39-37(44)38-20-25-4-3-5-30(18-25)26-10-12-29(13-11-26)36-46-31(23-48-32-16-14-28(15-17-32)35(42)43)19-33(47-36)27-8-6-24(22-40)7-9-27/h3-18,31,33,36,40H,2,19-23H2,1H3,(H,42,43)(H2,38,39,44). The average Bonchev–Trinajstić information content (AvgIpc) is 3.12. The molecule has 250 valence electrons. The van der Waals surface area contributed by atoms with Crippen molar-refractivity contribution in [1.82, 2.24) is 10.6 Å². The predicted molar refractivity (Wildman–Crippen MR) is 181 cm³/mol. The summed E-state index contributed by atoms with van der Waals surface area (Å²) in [5.41, 5.74) is 5.79. The summed E-state index contributed by atoms with van der Waals surface area (Å²) < 4.78 is 17.8. The van der Waals surface area contributed by atoms with Crippen LogP contribution in [0.15, 0.2) is 102 Å². The molecule has 0 radical (unpaired) electrons. The van der Waals surface area contributed by atoms with Crippen LogP contribution in [0.3, 0.4) is 0 Å². The number of carboxylic acids is 1. The molecule has 0 aromatic heterocycles. The molecule has 1 saturated heterocycles. The lowest BCUT2D eigenvalue weighted by Crippen LogP contribution is -2.38. The van der Waals surface area contributed by atoms with Gasteiger partial charge in [-0.1, -0.05) is 66.7 Å². The third kappa shape index (κ3) is 9.68. The first kappa shape index (κ1) is 34.6. The number of carbonyl (C=O) groups is 3. The van der Waals surface area contributed by atoms with Crippen molar-refractivity contribution in [2.75, 3.05) is 18.9 Å². The molecule has 1 aliphatic heterocycles. The molecule has 5 rings (SSSR count). The molecule has 3 atom stereocenters. The third-order valence-corrected chi connectivity index (χ3v) is 8.89. The van der Waals surface area contributed by atoms with E-state index in [4.69, 9.17) is 14.2 Å². The molecule has 4 aromatic carbocycles. The first-order valence-electron chi connectivity index (χ1n) is 15.6. The maximum absolute atomic E-state index is 12.1.